The maximum absolute atomic E-state index is 11.4. The van der Waals surface area contributed by atoms with Gasteiger partial charge in [-0.3, -0.25) is 9.79 Å². The van der Waals surface area contributed by atoms with Gasteiger partial charge in [0.15, 0.2) is 11.5 Å². The summed E-state index contributed by atoms with van der Waals surface area (Å²) in [5.74, 6) is 2.16. The number of hydrogen-bond donors (Lipinski definition) is 1. The summed E-state index contributed by atoms with van der Waals surface area (Å²) in [6.07, 6.45) is 4.28. The molecule has 9 heteroatoms. The second kappa shape index (κ2) is 13.7. The zero-order chi connectivity index (χ0) is 25.8. The number of carbonyl (C=O) groups is 1. The maximum Gasteiger partial charge on any atom is 0.210 e. The Labute approximate surface area is 202 Å². The number of imidazole rings is 1. The Morgan fingerprint density at radius 2 is 1.79 bits per heavy atom. The van der Waals surface area contributed by atoms with Gasteiger partial charge < -0.3 is 29.0 Å². The SMILES string of the molecule is C=N/C(C)=C(/CN(C=O)C(C)C)C(=C)Nc1cn(-c2cc(OC)c(OC)c(OC)c2)cn1.CC. The predicted molar refractivity (Wildman–Crippen MR) is 137 cm³/mol. The van der Waals surface area contributed by atoms with E-state index < -0.39 is 0 Å². The van der Waals surface area contributed by atoms with Crippen LogP contribution in [0.2, 0.25) is 0 Å². The summed E-state index contributed by atoms with van der Waals surface area (Å²) < 4.78 is 18.0. The van der Waals surface area contributed by atoms with Crippen LogP contribution in [0.5, 0.6) is 17.2 Å². The number of ether oxygens (including phenoxy) is 3. The molecular weight excluding hydrogens is 434 g/mol. The van der Waals surface area contributed by atoms with Gasteiger partial charge in [0.25, 0.3) is 0 Å². The average Bonchev–Trinajstić information content (AvgIpc) is 3.32. The number of rotatable bonds is 12. The summed E-state index contributed by atoms with van der Waals surface area (Å²) in [6, 6.07) is 3.68. The minimum atomic E-state index is 0.0344. The van der Waals surface area contributed by atoms with E-state index in [1.165, 1.54) is 0 Å². The first kappa shape index (κ1) is 28.3. The van der Waals surface area contributed by atoms with Crippen molar-refractivity contribution in [3.63, 3.8) is 0 Å². The van der Waals surface area contributed by atoms with E-state index in [1.54, 1.807) is 38.8 Å². The lowest BCUT2D eigenvalue weighted by Gasteiger charge is -2.25. The molecule has 0 bridgehead atoms. The number of aliphatic imine (C=N–C) groups is 1. The van der Waals surface area contributed by atoms with Crippen molar-refractivity contribution in [2.24, 2.45) is 4.99 Å². The molecular formula is C25H37N5O4. The van der Waals surface area contributed by atoms with Crippen molar-refractivity contribution in [1.29, 1.82) is 0 Å². The van der Waals surface area contributed by atoms with E-state index in [0.29, 0.717) is 41.0 Å². The second-order valence-electron chi connectivity index (χ2n) is 7.25. The van der Waals surface area contributed by atoms with E-state index in [4.69, 9.17) is 14.2 Å². The van der Waals surface area contributed by atoms with Crippen molar-refractivity contribution in [3.8, 4) is 22.9 Å². The van der Waals surface area contributed by atoms with Gasteiger partial charge in [-0.15, -0.1) is 0 Å². The molecule has 0 atom stereocenters. The van der Waals surface area contributed by atoms with Crippen molar-refractivity contribution < 1.29 is 19.0 Å². The minimum absolute atomic E-state index is 0.0344. The fourth-order valence-corrected chi connectivity index (χ4v) is 3.02. The van der Waals surface area contributed by atoms with E-state index in [-0.39, 0.29) is 6.04 Å². The molecule has 0 spiro atoms. The normalized spacial score (nSPS) is 11.0. The smallest absolute Gasteiger partial charge is 0.210 e. The summed E-state index contributed by atoms with van der Waals surface area (Å²) in [5, 5.41) is 3.19. The van der Waals surface area contributed by atoms with E-state index in [9.17, 15) is 4.79 Å². The molecule has 1 aromatic heterocycles. The molecule has 0 fully saturated rings. The summed E-state index contributed by atoms with van der Waals surface area (Å²) in [6.45, 7) is 17.8. The van der Waals surface area contributed by atoms with Crippen LogP contribution in [0.3, 0.4) is 0 Å². The Hall–Kier alpha value is -3.75. The van der Waals surface area contributed by atoms with Crippen LogP contribution in [0.1, 0.15) is 34.6 Å². The highest BCUT2D eigenvalue weighted by Gasteiger charge is 2.17. The summed E-state index contributed by atoms with van der Waals surface area (Å²) in [4.78, 5) is 21.5. The third kappa shape index (κ3) is 6.87. The molecule has 1 aromatic carbocycles. The number of anilines is 1. The first-order chi connectivity index (χ1) is 16.3. The van der Waals surface area contributed by atoms with Crippen LogP contribution in [0.4, 0.5) is 5.82 Å². The fourth-order valence-electron chi connectivity index (χ4n) is 3.02. The zero-order valence-electron chi connectivity index (χ0n) is 21.5. The molecule has 0 radical (unpaired) electrons. The first-order valence-electron chi connectivity index (χ1n) is 11.0. The minimum Gasteiger partial charge on any atom is -0.493 e. The highest BCUT2D eigenvalue weighted by atomic mass is 16.5. The van der Waals surface area contributed by atoms with Crippen molar-refractivity contribution >= 4 is 18.9 Å². The average molecular weight is 472 g/mol. The molecule has 0 unspecified atom stereocenters. The molecule has 0 aliphatic heterocycles. The first-order valence-corrected chi connectivity index (χ1v) is 11.0. The highest BCUT2D eigenvalue weighted by molar-refractivity contribution is 5.59. The number of carbonyl (C=O) groups excluding carboxylic acids is 1. The van der Waals surface area contributed by atoms with Gasteiger partial charge in [0, 0.05) is 41.7 Å². The molecule has 0 aliphatic carbocycles. The van der Waals surface area contributed by atoms with Gasteiger partial charge in [0.05, 0.1) is 33.2 Å². The van der Waals surface area contributed by atoms with E-state index in [1.807, 2.05) is 51.3 Å². The van der Waals surface area contributed by atoms with Crippen molar-refractivity contribution in [3.05, 3.63) is 48.2 Å². The number of methoxy groups -OCH3 is 3. The lowest BCUT2D eigenvalue weighted by Crippen LogP contribution is -2.32. The van der Waals surface area contributed by atoms with E-state index in [2.05, 4.69) is 28.6 Å². The van der Waals surface area contributed by atoms with Crippen LogP contribution in [0.15, 0.2) is 53.2 Å². The molecule has 2 rings (SSSR count). The number of hydrogen-bond acceptors (Lipinski definition) is 7. The Morgan fingerprint density at radius 1 is 1.21 bits per heavy atom. The van der Waals surface area contributed by atoms with Gasteiger partial charge in [0.1, 0.15) is 12.1 Å². The van der Waals surface area contributed by atoms with Crippen LogP contribution in [-0.2, 0) is 4.79 Å². The molecule has 186 valence electrons. The number of aromatic nitrogens is 2. The van der Waals surface area contributed by atoms with Crippen LogP contribution in [-0.4, -0.2) is 61.5 Å². The lowest BCUT2D eigenvalue weighted by molar-refractivity contribution is -0.119. The molecule has 0 aliphatic rings. The molecule has 34 heavy (non-hydrogen) atoms. The van der Waals surface area contributed by atoms with Gasteiger partial charge in [-0.1, -0.05) is 20.4 Å². The quantitative estimate of drug-likeness (QED) is 0.274. The molecule has 1 amide bonds. The number of allylic oxidation sites excluding steroid dienone is 1. The third-order valence-corrected chi connectivity index (χ3v) is 4.99. The number of benzene rings is 1. The topological polar surface area (TPSA) is 90.2 Å². The Kier molecular flexibility index (Phi) is 11.4. The van der Waals surface area contributed by atoms with Crippen LogP contribution in [0.25, 0.3) is 5.69 Å². The number of amides is 1. The van der Waals surface area contributed by atoms with Crippen LogP contribution < -0.4 is 19.5 Å². The van der Waals surface area contributed by atoms with Crippen molar-refractivity contribution in [2.45, 2.75) is 40.7 Å². The highest BCUT2D eigenvalue weighted by Crippen LogP contribution is 2.39. The van der Waals surface area contributed by atoms with E-state index >= 15 is 0 Å². The second-order valence-corrected chi connectivity index (χ2v) is 7.25. The van der Waals surface area contributed by atoms with Crippen molar-refractivity contribution in [2.75, 3.05) is 33.2 Å². The number of nitrogens with one attached hydrogen (secondary N) is 1. The Bertz CT molecular complexity index is 985. The molecule has 0 saturated heterocycles. The summed E-state index contributed by atoms with van der Waals surface area (Å²) in [5.41, 5.74) is 2.80. The number of nitrogens with zero attached hydrogens (tertiary/aromatic N) is 4. The van der Waals surface area contributed by atoms with Gasteiger partial charge in [-0.05, 0) is 27.5 Å². The maximum atomic E-state index is 11.4. The van der Waals surface area contributed by atoms with Gasteiger partial charge >= 0.3 is 0 Å². The Balaban J connectivity index is 0.00000281. The van der Waals surface area contributed by atoms with Crippen molar-refractivity contribution in [1.82, 2.24) is 14.5 Å². The third-order valence-electron chi connectivity index (χ3n) is 4.99. The monoisotopic (exact) mass is 471 g/mol. The molecule has 0 saturated carbocycles. The molecule has 9 nitrogen and oxygen atoms in total. The molecule has 1 heterocycles. The Morgan fingerprint density at radius 3 is 2.24 bits per heavy atom. The predicted octanol–water partition coefficient (Wildman–Crippen LogP) is 4.69. The summed E-state index contributed by atoms with van der Waals surface area (Å²) in [7, 11) is 4.69. The standard InChI is InChI=1S/C23H31N5O4.C2H6/c1-15(2)28(14-29)11-19(16(3)24-5)17(4)26-22-12-27(13-25-22)18-9-20(30-6)23(32-8)21(10-18)31-7;1-2/h9-10,12-15,26H,4-5,11H2,1-3,6-8H3;1-2H3/b19-16-;. The lowest BCUT2D eigenvalue weighted by atomic mass is 10.1. The van der Waals surface area contributed by atoms with Gasteiger partial charge in [-0.25, -0.2) is 4.98 Å². The van der Waals surface area contributed by atoms with E-state index in [0.717, 1.165) is 17.7 Å². The van der Waals surface area contributed by atoms with Crippen LogP contribution in [0, 0.1) is 0 Å². The van der Waals surface area contributed by atoms with Gasteiger partial charge in [-0.2, -0.15) is 0 Å². The summed E-state index contributed by atoms with van der Waals surface area (Å²) >= 11 is 0. The largest absolute Gasteiger partial charge is 0.493 e. The molecule has 2 aromatic rings. The fraction of sp³-hybridized carbons (Fsp3) is 0.400. The zero-order valence-corrected chi connectivity index (χ0v) is 21.5. The van der Waals surface area contributed by atoms with Gasteiger partial charge in [0.2, 0.25) is 12.2 Å². The molecule has 1 N–H and O–H groups in total. The van der Waals surface area contributed by atoms with Crippen LogP contribution >= 0.6 is 0 Å².